The van der Waals surface area contributed by atoms with E-state index < -0.39 is 79.1 Å². The number of fused-ring (bicyclic) bond motifs is 1. The van der Waals surface area contributed by atoms with Crippen LogP contribution in [-0.4, -0.2) is 106 Å². The number of carbonyl (C=O) groups is 3. The van der Waals surface area contributed by atoms with Crippen LogP contribution in [0.25, 0.3) is 22.3 Å². The van der Waals surface area contributed by atoms with Gasteiger partial charge >= 0.3 is 12.3 Å². The quantitative estimate of drug-likeness (QED) is 0.0731. The molecule has 2 saturated carbocycles. The standard InChI is InChI=1S/C41H55F3N7O8PS/c1-8-24-18-40(24,60(55,56)22-45-21-41(42,43)44)50-35(52)32-16-27(19-51(32)36(53)34(39(4,5)6)49-38(54)59-25-11-9-10-12-25)58-33-17-30(31-20-61-37(48-31)46-23(2)3)47-29-15-26(57-7)13-14-28(29)33/h8,13-15,17,20,23-25,27,32,34,45H,1,9-12,16,18-19,21-22H2,2-7H3,(H,46,48)(H,49,54)(H,50,52)(H,55,56)/t24-,27-,32+,34-,40+/m1/s1. The molecule has 1 aromatic carbocycles. The Morgan fingerprint density at radius 1 is 1.11 bits per heavy atom. The van der Waals surface area contributed by atoms with E-state index in [1.807, 2.05) is 24.5 Å². The molecule has 0 radical (unpaired) electrons. The zero-order valence-electron chi connectivity index (χ0n) is 35.1. The predicted molar refractivity (Wildman–Crippen MR) is 226 cm³/mol. The lowest BCUT2D eigenvalue weighted by molar-refractivity contribution is -0.142. The van der Waals surface area contributed by atoms with Crippen molar-refractivity contribution >= 4 is 52.6 Å². The molecule has 3 heterocycles. The maximum Gasteiger partial charge on any atom is 0.408 e. The average Bonchev–Trinajstić information content (AvgIpc) is 3.57. The van der Waals surface area contributed by atoms with Crippen LogP contribution in [0.5, 0.6) is 11.5 Å². The number of hydrogen-bond acceptors (Lipinski definition) is 12. The van der Waals surface area contributed by atoms with Crippen LogP contribution >= 0.6 is 18.7 Å². The number of nitrogens with one attached hydrogen (secondary N) is 4. The molecule has 1 saturated heterocycles. The minimum atomic E-state index is -4.64. The van der Waals surface area contributed by atoms with Gasteiger partial charge in [0.25, 0.3) is 0 Å². The van der Waals surface area contributed by atoms with Crippen LogP contribution in [0.1, 0.15) is 73.1 Å². The van der Waals surface area contributed by atoms with Gasteiger partial charge in [-0.25, -0.2) is 14.8 Å². The third-order valence-electron chi connectivity index (χ3n) is 11.1. The van der Waals surface area contributed by atoms with E-state index in [1.54, 1.807) is 45.0 Å². The molecule has 6 rings (SSSR count). The molecule has 15 nitrogen and oxygen atoms in total. The molecule has 334 valence electrons. The third kappa shape index (κ3) is 10.8. The van der Waals surface area contributed by atoms with Gasteiger partial charge in [-0.05, 0) is 63.5 Å². The SMILES string of the molecule is C=C[C@@H]1C[C@]1(NC(=O)[C@@H]1C[C@@H](Oc2cc(-c3csc(NC(C)C)n3)nc3cc(OC)ccc23)CN1C(=O)[C@@H](NC(=O)OC1CCCC1)C(C)(C)C)P(=O)(O)CNCC(F)(F)F. The van der Waals surface area contributed by atoms with Crippen LogP contribution in [-0.2, 0) is 18.9 Å². The van der Waals surface area contributed by atoms with Gasteiger partial charge in [-0.2, -0.15) is 13.2 Å². The number of alkyl carbamates (subject to hydrolysis) is 1. The summed E-state index contributed by atoms with van der Waals surface area (Å²) in [6.45, 7) is 11.3. The number of aromatic nitrogens is 2. The summed E-state index contributed by atoms with van der Waals surface area (Å²) in [4.78, 5) is 64.5. The normalized spacial score (nSPS) is 23.3. The molecule has 2 aliphatic carbocycles. The molecule has 2 aromatic heterocycles. The van der Waals surface area contributed by atoms with Gasteiger partial charge in [0, 0.05) is 41.3 Å². The number of hydrogen-bond donors (Lipinski definition) is 5. The van der Waals surface area contributed by atoms with Crippen molar-refractivity contribution in [3.8, 4) is 22.9 Å². The Balaban J connectivity index is 1.33. The van der Waals surface area contributed by atoms with Gasteiger partial charge in [0.2, 0.25) is 19.2 Å². The number of likely N-dealkylation sites (tertiary alicyclic amines) is 1. The summed E-state index contributed by atoms with van der Waals surface area (Å²) in [6.07, 6.45) is -2.97. The van der Waals surface area contributed by atoms with Crippen molar-refractivity contribution in [3.05, 3.63) is 42.3 Å². The summed E-state index contributed by atoms with van der Waals surface area (Å²) in [7, 11) is -3.02. The first-order valence-corrected chi connectivity index (χ1v) is 23.0. The van der Waals surface area contributed by atoms with Gasteiger partial charge in [-0.1, -0.05) is 26.8 Å². The number of anilines is 1. The van der Waals surface area contributed by atoms with E-state index in [0.29, 0.717) is 51.8 Å². The van der Waals surface area contributed by atoms with Gasteiger partial charge in [-0.15, -0.1) is 17.9 Å². The fourth-order valence-corrected chi connectivity index (χ4v) is 10.8. The molecule has 0 spiro atoms. The second kappa shape index (κ2) is 18.1. The van der Waals surface area contributed by atoms with Crippen molar-refractivity contribution in [3.63, 3.8) is 0 Å². The van der Waals surface area contributed by atoms with Crippen LogP contribution in [0.15, 0.2) is 42.3 Å². The number of nitrogens with zero attached hydrogens (tertiary/aromatic N) is 3. The fourth-order valence-electron chi connectivity index (χ4n) is 7.89. The second-order valence-electron chi connectivity index (χ2n) is 17.3. The lowest BCUT2D eigenvalue weighted by atomic mass is 9.85. The Labute approximate surface area is 357 Å². The number of halogens is 3. The predicted octanol–water partition coefficient (Wildman–Crippen LogP) is 7.02. The van der Waals surface area contributed by atoms with Crippen molar-refractivity contribution in [2.45, 2.75) is 115 Å². The Bertz CT molecular complexity index is 2160. The fraction of sp³-hybridized carbons (Fsp3) is 0.585. The summed E-state index contributed by atoms with van der Waals surface area (Å²) in [5.41, 5.74) is 0.719. The molecule has 5 N–H and O–H groups in total. The Morgan fingerprint density at radius 2 is 1.84 bits per heavy atom. The zero-order valence-corrected chi connectivity index (χ0v) is 36.8. The molecule has 3 aliphatic rings. The van der Waals surface area contributed by atoms with Gasteiger partial charge in [0.15, 0.2) is 5.13 Å². The van der Waals surface area contributed by atoms with Crippen LogP contribution in [0.4, 0.5) is 23.1 Å². The van der Waals surface area contributed by atoms with Crippen molar-refractivity contribution in [2.24, 2.45) is 11.3 Å². The Hall–Kier alpha value is -4.45. The summed E-state index contributed by atoms with van der Waals surface area (Å²) in [5, 5.41) is 12.1. The number of ether oxygens (including phenoxy) is 3. The number of carbonyl (C=O) groups excluding carboxylic acids is 3. The number of pyridine rings is 1. The molecular weight excluding hydrogens is 839 g/mol. The van der Waals surface area contributed by atoms with Crippen LogP contribution in [0.3, 0.4) is 0 Å². The van der Waals surface area contributed by atoms with Crippen molar-refractivity contribution in [1.29, 1.82) is 0 Å². The van der Waals surface area contributed by atoms with Crippen LogP contribution in [0.2, 0.25) is 0 Å². The van der Waals surface area contributed by atoms with E-state index >= 15 is 0 Å². The smallest absolute Gasteiger partial charge is 0.408 e. The van der Waals surface area contributed by atoms with Crippen molar-refractivity contribution in [1.82, 2.24) is 30.8 Å². The van der Waals surface area contributed by atoms with Crippen LogP contribution < -0.4 is 30.7 Å². The molecule has 3 amide bonds. The average molecular weight is 894 g/mol. The summed E-state index contributed by atoms with van der Waals surface area (Å²) in [5.74, 6) is -1.24. The minimum absolute atomic E-state index is 0.0518. The van der Waals surface area contributed by atoms with Gasteiger partial charge < -0.3 is 40.0 Å². The molecule has 1 aliphatic heterocycles. The lowest BCUT2D eigenvalue weighted by Gasteiger charge is -2.36. The number of rotatable bonds is 16. The number of thiazole rings is 1. The molecule has 61 heavy (non-hydrogen) atoms. The van der Waals surface area contributed by atoms with Crippen molar-refractivity contribution < 1.29 is 51.2 Å². The van der Waals surface area contributed by atoms with Crippen LogP contribution in [0, 0.1) is 11.3 Å². The largest absolute Gasteiger partial charge is 0.497 e. The Morgan fingerprint density at radius 3 is 2.46 bits per heavy atom. The van der Waals surface area contributed by atoms with E-state index in [1.165, 1.54) is 29.4 Å². The summed E-state index contributed by atoms with van der Waals surface area (Å²) in [6, 6.07) is 4.67. The molecule has 0 bridgehead atoms. The topological polar surface area (TPSA) is 193 Å². The van der Waals surface area contributed by atoms with Gasteiger partial charge in [-0.3, -0.25) is 19.5 Å². The highest BCUT2D eigenvalue weighted by atomic mass is 32.1. The first-order valence-electron chi connectivity index (χ1n) is 20.3. The molecular formula is C41H55F3N7O8PS. The van der Waals surface area contributed by atoms with E-state index in [0.717, 1.165) is 12.8 Å². The van der Waals surface area contributed by atoms with E-state index in [9.17, 15) is 37.0 Å². The summed E-state index contributed by atoms with van der Waals surface area (Å²) < 4.78 is 70.6. The van der Waals surface area contributed by atoms with E-state index in [4.69, 9.17) is 24.2 Å². The van der Waals surface area contributed by atoms with Gasteiger partial charge in [0.1, 0.15) is 46.8 Å². The molecule has 3 fully saturated rings. The maximum atomic E-state index is 14.8. The molecule has 6 atom stereocenters. The van der Waals surface area contributed by atoms with Crippen molar-refractivity contribution in [2.75, 3.05) is 31.8 Å². The number of benzene rings is 1. The molecule has 3 aromatic rings. The lowest BCUT2D eigenvalue weighted by Crippen LogP contribution is -2.58. The molecule has 20 heteroatoms. The maximum absolute atomic E-state index is 14.8. The molecule has 1 unspecified atom stereocenters. The van der Waals surface area contributed by atoms with E-state index in [2.05, 4.69) is 22.5 Å². The number of amides is 3. The van der Waals surface area contributed by atoms with Gasteiger partial charge in [0.05, 0.1) is 37.7 Å². The highest BCUT2D eigenvalue weighted by Crippen LogP contribution is 2.69. The minimum Gasteiger partial charge on any atom is -0.497 e. The third-order valence-corrected chi connectivity index (χ3v) is 14.4. The number of alkyl halides is 3. The second-order valence-corrected chi connectivity index (χ2v) is 20.7. The highest BCUT2D eigenvalue weighted by Gasteiger charge is 2.66. The highest BCUT2D eigenvalue weighted by molar-refractivity contribution is 7.60. The zero-order chi connectivity index (χ0) is 44.5. The Kier molecular flexibility index (Phi) is 13.7. The monoisotopic (exact) mass is 893 g/mol. The summed E-state index contributed by atoms with van der Waals surface area (Å²) >= 11 is 1.41. The number of methoxy groups -OCH3 is 1. The first-order chi connectivity index (χ1) is 28.6. The first kappa shape index (κ1) is 46.1. The van der Waals surface area contributed by atoms with E-state index in [-0.39, 0.29) is 31.5 Å².